The zero-order valence-electron chi connectivity index (χ0n) is 26.2. The van der Waals surface area contributed by atoms with E-state index in [2.05, 4.69) is 88.7 Å². The number of nitrogens with one attached hydrogen (secondary N) is 3. The molecule has 2 amide bonds. The van der Waals surface area contributed by atoms with Crippen LogP contribution >= 0.6 is 0 Å². The zero-order chi connectivity index (χ0) is 30.5. The molecule has 6 rings (SSSR count). The van der Waals surface area contributed by atoms with E-state index in [1.165, 1.54) is 11.3 Å². The third-order valence-corrected chi connectivity index (χ3v) is 8.64. The quantitative estimate of drug-likeness (QED) is 0.260. The Hall–Kier alpha value is -4.08. The van der Waals surface area contributed by atoms with Crippen molar-refractivity contribution in [3.63, 3.8) is 0 Å². The highest BCUT2D eigenvalue weighted by molar-refractivity contribution is 5.91. The number of hydrogen-bond donors (Lipinski definition) is 3. The second-order valence-corrected chi connectivity index (χ2v) is 12.8. The van der Waals surface area contributed by atoms with Crippen molar-refractivity contribution >= 4 is 28.4 Å². The highest BCUT2D eigenvalue weighted by atomic mass is 16.5. The summed E-state index contributed by atoms with van der Waals surface area (Å²) in [7, 11) is 0. The standard InChI is InChI=1S/C35H45N7O2/c1-35(2,3)27-10-8-26(9-11-27)33-38-30-6-4-7-31(32(30)39-33)41-22-20-40(21-23-41)24-25-44-29-14-12-28(13-15-29)37-34(43)42-18-5-16-36-17-19-42/h4,6-15,36H,5,16-25H2,1-3H3,(H,37,43)(H,38,39). The lowest BCUT2D eigenvalue weighted by Crippen LogP contribution is -2.47. The number of imidazole rings is 1. The number of hydrogen-bond acceptors (Lipinski definition) is 6. The molecule has 9 heteroatoms. The molecule has 2 fully saturated rings. The number of aromatic nitrogens is 2. The Bertz CT molecular complexity index is 1530. The van der Waals surface area contributed by atoms with Crippen LogP contribution in [0.25, 0.3) is 22.4 Å². The van der Waals surface area contributed by atoms with Gasteiger partial charge in [-0.05, 0) is 60.3 Å². The largest absolute Gasteiger partial charge is 0.492 e. The minimum atomic E-state index is -0.0450. The monoisotopic (exact) mass is 595 g/mol. The zero-order valence-corrected chi connectivity index (χ0v) is 26.2. The number of para-hydroxylation sites is 1. The fourth-order valence-electron chi connectivity index (χ4n) is 5.93. The van der Waals surface area contributed by atoms with E-state index in [1.807, 2.05) is 29.2 Å². The Morgan fingerprint density at radius 2 is 1.68 bits per heavy atom. The van der Waals surface area contributed by atoms with E-state index < -0.39 is 0 Å². The fraction of sp³-hybridized carbons (Fsp3) is 0.429. The molecule has 2 aliphatic heterocycles. The second-order valence-electron chi connectivity index (χ2n) is 12.8. The summed E-state index contributed by atoms with van der Waals surface area (Å²) in [5, 5.41) is 6.33. The molecule has 2 aliphatic rings. The number of aromatic amines is 1. The van der Waals surface area contributed by atoms with Crippen LogP contribution in [0, 0.1) is 0 Å². The van der Waals surface area contributed by atoms with Crippen LogP contribution in [-0.4, -0.2) is 91.3 Å². The van der Waals surface area contributed by atoms with Crippen LogP contribution in [0.15, 0.2) is 66.7 Å². The van der Waals surface area contributed by atoms with Crippen molar-refractivity contribution in [2.45, 2.75) is 32.6 Å². The number of benzene rings is 3. The van der Waals surface area contributed by atoms with E-state index in [4.69, 9.17) is 9.72 Å². The highest BCUT2D eigenvalue weighted by Gasteiger charge is 2.21. The van der Waals surface area contributed by atoms with Gasteiger partial charge in [0.05, 0.1) is 11.2 Å². The molecule has 0 radical (unpaired) electrons. The lowest BCUT2D eigenvalue weighted by atomic mass is 9.87. The molecule has 3 heterocycles. The first-order valence-electron chi connectivity index (χ1n) is 15.9. The number of amides is 2. The van der Waals surface area contributed by atoms with Crippen LogP contribution in [0.3, 0.4) is 0 Å². The molecule has 2 saturated heterocycles. The third kappa shape index (κ3) is 7.17. The second kappa shape index (κ2) is 13.3. The molecule has 3 aromatic carbocycles. The molecule has 232 valence electrons. The Labute approximate surface area is 260 Å². The summed E-state index contributed by atoms with van der Waals surface area (Å²) in [6, 6.07) is 22.8. The summed E-state index contributed by atoms with van der Waals surface area (Å²) in [4.78, 5) is 27.9. The molecule has 0 atom stereocenters. The lowest BCUT2D eigenvalue weighted by molar-refractivity contribution is 0.200. The number of fused-ring (bicyclic) bond motifs is 1. The van der Waals surface area contributed by atoms with Gasteiger partial charge in [0.15, 0.2) is 0 Å². The van der Waals surface area contributed by atoms with E-state index in [0.29, 0.717) is 6.61 Å². The van der Waals surface area contributed by atoms with E-state index in [1.54, 1.807) is 0 Å². The maximum atomic E-state index is 12.6. The van der Waals surface area contributed by atoms with Crippen LogP contribution in [-0.2, 0) is 5.41 Å². The smallest absolute Gasteiger partial charge is 0.321 e. The van der Waals surface area contributed by atoms with Gasteiger partial charge in [0, 0.05) is 63.6 Å². The first-order chi connectivity index (χ1) is 21.3. The average Bonchev–Trinajstić information content (AvgIpc) is 3.28. The minimum Gasteiger partial charge on any atom is -0.492 e. The van der Waals surface area contributed by atoms with Crippen molar-refractivity contribution in [2.24, 2.45) is 0 Å². The molecule has 0 bridgehead atoms. The van der Waals surface area contributed by atoms with Crippen molar-refractivity contribution in [3.05, 3.63) is 72.3 Å². The van der Waals surface area contributed by atoms with Crippen LogP contribution in [0.4, 0.5) is 16.2 Å². The summed E-state index contributed by atoms with van der Waals surface area (Å²) in [6.45, 7) is 15.4. The number of H-pyrrole nitrogens is 1. The number of anilines is 2. The van der Waals surface area contributed by atoms with Gasteiger partial charge in [0.2, 0.25) is 0 Å². The first-order valence-corrected chi connectivity index (χ1v) is 15.9. The topological polar surface area (TPSA) is 88.8 Å². The van der Waals surface area contributed by atoms with Crippen molar-refractivity contribution in [1.29, 1.82) is 0 Å². The molecule has 9 nitrogen and oxygen atoms in total. The molecule has 1 aromatic heterocycles. The molecule has 0 aliphatic carbocycles. The van der Waals surface area contributed by atoms with Crippen molar-refractivity contribution in [3.8, 4) is 17.1 Å². The summed E-state index contributed by atoms with van der Waals surface area (Å²) in [6.07, 6.45) is 0.976. The molecule has 0 unspecified atom stereocenters. The Morgan fingerprint density at radius 3 is 2.43 bits per heavy atom. The van der Waals surface area contributed by atoms with Gasteiger partial charge in [0.25, 0.3) is 0 Å². The summed E-state index contributed by atoms with van der Waals surface area (Å²) >= 11 is 0. The van der Waals surface area contributed by atoms with Gasteiger partial charge in [-0.1, -0.05) is 51.1 Å². The van der Waals surface area contributed by atoms with Gasteiger partial charge in [-0.2, -0.15) is 0 Å². The van der Waals surface area contributed by atoms with Gasteiger partial charge >= 0.3 is 6.03 Å². The summed E-state index contributed by atoms with van der Waals surface area (Å²) in [5.41, 5.74) is 6.63. The lowest BCUT2D eigenvalue weighted by Gasteiger charge is -2.36. The predicted octanol–water partition coefficient (Wildman–Crippen LogP) is 5.56. The maximum absolute atomic E-state index is 12.6. The van der Waals surface area contributed by atoms with Gasteiger partial charge in [-0.3, -0.25) is 4.90 Å². The van der Waals surface area contributed by atoms with Gasteiger partial charge in [0.1, 0.15) is 23.7 Å². The molecule has 44 heavy (non-hydrogen) atoms. The van der Waals surface area contributed by atoms with Gasteiger partial charge in [-0.15, -0.1) is 0 Å². The normalized spacial score (nSPS) is 16.6. The molecule has 4 aromatic rings. The number of nitrogens with zero attached hydrogens (tertiary/aromatic N) is 4. The van der Waals surface area contributed by atoms with Crippen molar-refractivity contribution < 1.29 is 9.53 Å². The molecule has 0 spiro atoms. The third-order valence-electron chi connectivity index (χ3n) is 8.64. The SMILES string of the molecule is CC(C)(C)c1ccc(-c2nc3c(N4CCN(CCOc5ccc(NC(=O)N6CCCNCC6)cc5)CC4)cccc3[nH]2)cc1. The Balaban J connectivity index is 0.983. The fourth-order valence-corrected chi connectivity index (χ4v) is 5.93. The summed E-state index contributed by atoms with van der Waals surface area (Å²) in [5.74, 6) is 1.73. The first kappa shape index (κ1) is 30.0. The predicted molar refractivity (Wildman–Crippen MR) is 179 cm³/mol. The van der Waals surface area contributed by atoms with E-state index in [-0.39, 0.29) is 11.4 Å². The van der Waals surface area contributed by atoms with Crippen LogP contribution in [0.5, 0.6) is 5.75 Å². The van der Waals surface area contributed by atoms with Crippen LogP contribution < -0.4 is 20.3 Å². The van der Waals surface area contributed by atoms with E-state index in [0.717, 1.165) is 99.2 Å². The number of urea groups is 1. The molecular formula is C35H45N7O2. The summed E-state index contributed by atoms with van der Waals surface area (Å²) < 4.78 is 6.04. The van der Waals surface area contributed by atoms with Crippen LogP contribution in [0.1, 0.15) is 32.8 Å². The highest BCUT2D eigenvalue weighted by Crippen LogP contribution is 2.30. The number of carbonyl (C=O) groups is 1. The number of carbonyl (C=O) groups excluding carboxylic acids is 1. The molecule has 3 N–H and O–H groups in total. The maximum Gasteiger partial charge on any atom is 0.321 e. The van der Waals surface area contributed by atoms with Crippen LogP contribution in [0.2, 0.25) is 0 Å². The van der Waals surface area contributed by atoms with Gasteiger partial charge < -0.3 is 30.2 Å². The number of rotatable bonds is 7. The number of ether oxygens (including phenoxy) is 1. The number of piperazine rings is 1. The minimum absolute atomic E-state index is 0.0450. The van der Waals surface area contributed by atoms with Crippen molar-refractivity contribution in [1.82, 2.24) is 25.1 Å². The van der Waals surface area contributed by atoms with Crippen molar-refractivity contribution in [2.75, 3.05) is 75.7 Å². The van der Waals surface area contributed by atoms with E-state index in [9.17, 15) is 4.79 Å². The molecular weight excluding hydrogens is 550 g/mol. The molecule has 0 saturated carbocycles. The Morgan fingerprint density at radius 1 is 0.909 bits per heavy atom. The average molecular weight is 596 g/mol. The van der Waals surface area contributed by atoms with E-state index >= 15 is 0 Å². The Kier molecular flexibility index (Phi) is 9.04. The van der Waals surface area contributed by atoms with Gasteiger partial charge in [-0.25, -0.2) is 9.78 Å².